The number of carbonyl (C=O) groups excluding carboxylic acids is 1. The maximum atomic E-state index is 12.7. The van der Waals surface area contributed by atoms with Crippen LogP contribution in [0.25, 0.3) is 0 Å². The van der Waals surface area contributed by atoms with Gasteiger partial charge in [0.05, 0.1) is 11.4 Å². The molecule has 0 aliphatic carbocycles. The zero-order valence-electron chi connectivity index (χ0n) is 10.6. The zero-order valence-corrected chi connectivity index (χ0v) is 11.3. The smallest absolute Gasteiger partial charge is 0.358 e. The number of carbonyl (C=O) groups is 1. The number of nitro groups is 1. The van der Waals surface area contributed by atoms with E-state index >= 15 is 0 Å². The number of rotatable bonds is 3. The summed E-state index contributed by atoms with van der Waals surface area (Å²) in [7, 11) is 0. The van der Waals surface area contributed by atoms with Gasteiger partial charge in [0.1, 0.15) is 0 Å². The van der Waals surface area contributed by atoms with Gasteiger partial charge in [-0.15, -0.1) is 5.10 Å². The summed E-state index contributed by atoms with van der Waals surface area (Å²) in [5.41, 5.74) is -2.61. The molecule has 2 rings (SSSR count). The quantitative estimate of drug-likeness (QED) is 0.584. The molecule has 0 aromatic carbocycles. The van der Waals surface area contributed by atoms with Gasteiger partial charge in [0.2, 0.25) is 0 Å². The Balaban J connectivity index is 2.35. The average Bonchev–Trinajstić information content (AvgIpc) is 2.93. The number of alkyl halides is 3. The van der Waals surface area contributed by atoms with Crippen molar-refractivity contribution in [3.8, 4) is 0 Å². The Bertz CT molecular complexity index is 752. The first kappa shape index (κ1) is 15.8. The number of hydrogen-bond acceptors (Lipinski definition) is 5. The first-order chi connectivity index (χ1) is 10.1. The molecule has 0 saturated heterocycles. The molecule has 3 N–H and O–H groups in total. The van der Waals surface area contributed by atoms with Crippen LogP contribution >= 0.6 is 11.6 Å². The van der Waals surface area contributed by atoms with E-state index in [9.17, 15) is 28.1 Å². The van der Waals surface area contributed by atoms with E-state index in [1.54, 1.807) is 0 Å². The molecule has 2 aromatic heterocycles. The van der Waals surface area contributed by atoms with Crippen molar-refractivity contribution in [3.63, 3.8) is 0 Å². The van der Waals surface area contributed by atoms with E-state index < -0.39 is 44.9 Å². The van der Waals surface area contributed by atoms with Crippen LogP contribution in [0, 0.1) is 17.0 Å². The molecule has 9 nitrogen and oxygen atoms in total. The summed E-state index contributed by atoms with van der Waals surface area (Å²) in [5.74, 6) is -1.89. The number of halogens is 4. The van der Waals surface area contributed by atoms with Crippen molar-refractivity contribution in [3.05, 3.63) is 32.2 Å². The summed E-state index contributed by atoms with van der Waals surface area (Å²) >= 11 is 5.58. The summed E-state index contributed by atoms with van der Waals surface area (Å²) in [4.78, 5) is 21.5. The van der Waals surface area contributed by atoms with Crippen molar-refractivity contribution in [1.29, 1.82) is 0 Å². The molecule has 0 unspecified atom stereocenters. The zero-order chi connectivity index (χ0) is 16.7. The number of aromatic nitrogens is 4. The molecule has 22 heavy (non-hydrogen) atoms. The van der Waals surface area contributed by atoms with E-state index in [4.69, 9.17) is 11.6 Å². The molecule has 2 aromatic rings. The van der Waals surface area contributed by atoms with Crippen molar-refractivity contribution in [2.45, 2.75) is 13.1 Å². The van der Waals surface area contributed by atoms with E-state index in [1.807, 2.05) is 10.4 Å². The van der Waals surface area contributed by atoms with Crippen LogP contribution < -0.4 is 5.32 Å². The molecular weight excluding hydrogens is 333 g/mol. The number of amides is 1. The molecule has 118 valence electrons. The lowest BCUT2D eigenvalue weighted by atomic mass is 10.2. The SMILES string of the molecule is Cc1[nH]nc(C(F)(F)F)c1NC(=O)c1n[nH]c([N+](=O)[O-])c1Cl. The fourth-order valence-corrected chi connectivity index (χ4v) is 1.79. The predicted molar refractivity (Wildman–Crippen MR) is 66.5 cm³/mol. The molecule has 0 fully saturated rings. The lowest BCUT2D eigenvalue weighted by molar-refractivity contribution is -0.389. The molecule has 13 heteroatoms. The second kappa shape index (κ2) is 5.29. The highest BCUT2D eigenvalue weighted by atomic mass is 35.5. The number of hydrogen-bond donors (Lipinski definition) is 3. The van der Waals surface area contributed by atoms with Gasteiger partial charge in [-0.1, -0.05) is 16.7 Å². The van der Waals surface area contributed by atoms with E-state index in [0.717, 1.165) is 0 Å². The standard InChI is InChI=1S/C9H6ClF3N6O3/c1-2-4(6(17-15-2)9(11,12)13)14-8(20)5-3(10)7(18-16-5)19(21)22/h1H3,(H,14,20)(H,15,17)(H,16,18). The number of H-pyrrole nitrogens is 2. The third-order valence-corrected chi connectivity index (χ3v) is 2.90. The summed E-state index contributed by atoms with van der Waals surface area (Å²) in [6.07, 6.45) is -4.80. The fourth-order valence-electron chi connectivity index (χ4n) is 1.55. The van der Waals surface area contributed by atoms with Crippen LogP contribution in [0.15, 0.2) is 0 Å². The van der Waals surface area contributed by atoms with Gasteiger partial charge in [-0.05, 0) is 11.8 Å². The highest BCUT2D eigenvalue weighted by molar-refractivity contribution is 6.35. The Morgan fingerprint density at radius 3 is 2.50 bits per heavy atom. The highest BCUT2D eigenvalue weighted by Gasteiger charge is 2.38. The summed E-state index contributed by atoms with van der Waals surface area (Å²) in [6, 6.07) is 0. The minimum absolute atomic E-state index is 0.0539. The van der Waals surface area contributed by atoms with Crippen LogP contribution in [-0.2, 0) is 6.18 Å². The van der Waals surface area contributed by atoms with Crippen LogP contribution in [-0.4, -0.2) is 31.2 Å². The lowest BCUT2D eigenvalue weighted by Crippen LogP contribution is -2.17. The monoisotopic (exact) mass is 338 g/mol. The second-order valence-electron chi connectivity index (χ2n) is 4.02. The maximum Gasteiger partial charge on any atom is 0.437 e. The number of nitrogens with zero attached hydrogens (tertiary/aromatic N) is 3. The van der Waals surface area contributed by atoms with Crippen molar-refractivity contribution in [2.24, 2.45) is 0 Å². The van der Waals surface area contributed by atoms with Gasteiger partial charge < -0.3 is 15.4 Å². The number of aromatic amines is 2. The maximum absolute atomic E-state index is 12.7. The van der Waals surface area contributed by atoms with Gasteiger partial charge in [-0.3, -0.25) is 9.89 Å². The first-order valence-electron chi connectivity index (χ1n) is 5.44. The molecule has 0 saturated carbocycles. The molecule has 0 aliphatic rings. The molecule has 0 spiro atoms. The largest absolute Gasteiger partial charge is 0.437 e. The topological polar surface area (TPSA) is 130 Å². The third-order valence-electron chi connectivity index (χ3n) is 2.54. The Morgan fingerprint density at radius 2 is 2.00 bits per heavy atom. The minimum atomic E-state index is -4.80. The van der Waals surface area contributed by atoms with Gasteiger partial charge >= 0.3 is 12.0 Å². The van der Waals surface area contributed by atoms with Gasteiger partial charge in [0.15, 0.2) is 16.4 Å². The number of anilines is 1. The van der Waals surface area contributed by atoms with Gasteiger partial charge in [0.25, 0.3) is 5.91 Å². The Labute approximate surface area is 124 Å². The molecule has 0 aliphatic heterocycles. The van der Waals surface area contributed by atoms with E-state index in [1.165, 1.54) is 6.92 Å². The average molecular weight is 339 g/mol. The first-order valence-corrected chi connectivity index (χ1v) is 5.82. The van der Waals surface area contributed by atoms with Crippen LogP contribution in [0.2, 0.25) is 5.02 Å². The molecule has 0 bridgehead atoms. The molecule has 2 heterocycles. The molecular formula is C9H6ClF3N6O3. The van der Waals surface area contributed by atoms with Gasteiger partial charge in [0, 0.05) is 0 Å². The molecule has 1 amide bonds. The predicted octanol–water partition coefficient (Wildman–Crippen LogP) is 2.27. The van der Waals surface area contributed by atoms with Crippen molar-refractivity contribution in [1.82, 2.24) is 20.4 Å². The normalized spacial score (nSPS) is 11.5. The van der Waals surface area contributed by atoms with Gasteiger partial charge in [-0.2, -0.15) is 18.3 Å². The second-order valence-corrected chi connectivity index (χ2v) is 4.39. The van der Waals surface area contributed by atoms with Crippen molar-refractivity contribution in [2.75, 3.05) is 5.32 Å². The van der Waals surface area contributed by atoms with Crippen LogP contribution in [0.5, 0.6) is 0 Å². The Morgan fingerprint density at radius 1 is 1.36 bits per heavy atom. The van der Waals surface area contributed by atoms with Crippen LogP contribution in [0.3, 0.4) is 0 Å². The highest BCUT2D eigenvalue weighted by Crippen LogP contribution is 2.35. The molecule has 0 atom stereocenters. The van der Waals surface area contributed by atoms with Crippen molar-refractivity contribution < 1.29 is 22.9 Å². The Kier molecular flexibility index (Phi) is 3.79. The van der Waals surface area contributed by atoms with Crippen LogP contribution in [0.4, 0.5) is 24.7 Å². The van der Waals surface area contributed by atoms with Crippen LogP contribution in [0.1, 0.15) is 21.9 Å². The minimum Gasteiger partial charge on any atom is -0.358 e. The summed E-state index contributed by atoms with van der Waals surface area (Å²) < 4.78 is 38.2. The summed E-state index contributed by atoms with van der Waals surface area (Å²) in [6.45, 7) is 1.26. The Hall–Kier alpha value is -2.63. The summed E-state index contributed by atoms with van der Waals surface area (Å²) in [5, 5.41) is 22.2. The number of aryl methyl sites for hydroxylation is 1. The lowest BCUT2D eigenvalue weighted by Gasteiger charge is -2.07. The van der Waals surface area contributed by atoms with Crippen molar-refractivity contribution >= 4 is 29.0 Å². The van der Waals surface area contributed by atoms with E-state index in [0.29, 0.717) is 0 Å². The molecule has 0 radical (unpaired) electrons. The van der Waals surface area contributed by atoms with E-state index in [-0.39, 0.29) is 5.69 Å². The third kappa shape index (κ3) is 2.72. The van der Waals surface area contributed by atoms with Gasteiger partial charge in [-0.25, -0.2) is 0 Å². The fraction of sp³-hybridized carbons (Fsp3) is 0.222. The van der Waals surface area contributed by atoms with E-state index in [2.05, 4.69) is 15.3 Å². The number of nitrogens with one attached hydrogen (secondary N) is 3.